The number of aromatic nitrogens is 1. The molecule has 0 aliphatic carbocycles. The molecule has 0 aliphatic heterocycles. The summed E-state index contributed by atoms with van der Waals surface area (Å²) in [5.74, 6) is 0.630. The summed E-state index contributed by atoms with van der Waals surface area (Å²) in [7, 11) is 0. The van der Waals surface area contributed by atoms with E-state index in [9.17, 15) is 0 Å². The van der Waals surface area contributed by atoms with Crippen molar-refractivity contribution in [3.05, 3.63) is 30.1 Å². The first-order valence-electron chi connectivity index (χ1n) is 5.98. The average Bonchev–Trinajstić information content (AvgIpc) is 2.26. The van der Waals surface area contributed by atoms with Gasteiger partial charge in [-0.3, -0.25) is 9.88 Å². The molecular formula is C13H21N3S. The van der Waals surface area contributed by atoms with Gasteiger partial charge in [0.1, 0.15) is 0 Å². The Morgan fingerprint density at radius 3 is 2.76 bits per heavy atom. The maximum Gasteiger partial charge on any atom is 0.0740 e. The number of hydrogen-bond donors (Lipinski definition) is 1. The second kappa shape index (κ2) is 7.35. The van der Waals surface area contributed by atoms with E-state index in [1.165, 1.54) is 0 Å². The summed E-state index contributed by atoms with van der Waals surface area (Å²) in [6.07, 6.45) is 2.60. The summed E-state index contributed by atoms with van der Waals surface area (Å²) in [5, 5.41) is 0. The van der Waals surface area contributed by atoms with Crippen LogP contribution in [0, 0.1) is 5.92 Å². The molecular weight excluding hydrogens is 230 g/mol. The number of pyridine rings is 1. The molecule has 0 amide bonds. The number of nitrogens with zero attached hydrogens (tertiary/aromatic N) is 2. The first-order chi connectivity index (χ1) is 8.08. The van der Waals surface area contributed by atoms with Gasteiger partial charge in [-0.25, -0.2) is 0 Å². The zero-order valence-corrected chi connectivity index (χ0v) is 11.4. The third-order valence-electron chi connectivity index (χ3n) is 2.41. The van der Waals surface area contributed by atoms with Gasteiger partial charge < -0.3 is 5.73 Å². The van der Waals surface area contributed by atoms with Crippen molar-refractivity contribution in [3.8, 4) is 0 Å². The molecule has 1 aromatic heterocycles. The predicted octanol–water partition coefficient (Wildman–Crippen LogP) is 2.22. The minimum atomic E-state index is 0.583. The molecule has 1 aromatic rings. The topological polar surface area (TPSA) is 42.1 Å². The van der Waals surface area contributed by atoms with Crippen LogP contribution < -0.4 is 5.73 Å². The fourth-order valence-corrected chi connectivity index (χ4v) is 1.83. The van der Waals surface area contributed by atoms with E-state index in [2.05, 4.69) is 23.7 Å². The van der Waals surface area contributed by atoms with Crippen LogP contribution in [0.5, 0.6) is 0 Å². The van der Waals surface area contributed by atoms with Gasteiger partial charge in [0.2, 0.25) is 0 Å². The summed E-state index contributed by atoms with van der Waals surface area (Å²) in [6.45, 7) is 7.24. The average molecular weight is 251 g/mol. The van der Waals surface area contributed by atoms with E-state index in [4.69, 9.17) is 18.0 Å². The van der Waals surface area contributed by atoms with Gasteiger partial charge in [-0.2, -0.15) is 0 Å². The number of rotatable bonds is 7. The van der Waals surface area contributed by atoms with Crippen LogP contribution in [0.4, 0.5) is 0 Å². The maximum atomic E-state index is 5.55. The Morgan fingerprint density at radius 2 is 2.24 bits per heavy atom. The molecule has 0 saturated carbocycles. The first-order valence-corrected chi connectivity index (χ1v) is 6.39. The molecule has 0 unspecified atom stereocenters. The van der Waals surface area contributed by atoms with Crippen molar-refractivity contribution in [2.24, 2.45) is 11.7 Å². The molecule has 0 saturated heterocycles. The summed E-state index contributed by atoms with van der Waals surface area (Å²) in [5.41, 5.74) is 6.65. The fraction of sp³-hybridized carbons (Fsp3) is 0.538. The minimum Gasteiger partial charge on any atom is -0.393 e. The van der Waals surface area contributed by atoms with Crippen LogP contribution in [0.15, 0.2) is 24.4 Å². The Kier molecular flexibility index (Phi) is 6.08. The van der Waals surface area contributed by atoms with Gasteiger partial charge in [0.25, 0.3) is 0 Å². The Morgan fingerprint density at radius 1 is 1.47 bits per heavy atom. The lowest BCUT2D eigenvalue weighted by molar-refractivity contribution is 0.240. The quantitative estimate of drug-likeness (QED) is 0.755. The molecule has 94 valence electrons. The molecule has 2 N–H and O–H groups in total. The molecule has 0 bridgehead atoms. The molecule has 0 aliphatic rings. The van der Waals surface area contributed by atoms with Crippen LogP contribution in [0.2, 0.25) is 0 Å². The van der Waals surface area contributed by atoms with Crippen molar-refractivity contribution in [2.45, 2.75) is 26.8 Å². The summed E-state index contributed by atoms with van der Waals surface area (Å²) >= 11 is 4.93. The number of hydrogen-bond acceptors (Lipinski definition) is 3. The largest absolute Gasteiger partial charge is 0.393 e. The monoisotopic (exact) mass is 251 g/mol. The Hall–Kier alpha value is -1.00. The highest BCUT2D eigenvalue weighted by molar-refractivity contribution is 7.80. The smallest absolute Gasteiger partial charge is 0.0740 e. The summed E-state index contributed by atoms with van der Waals surface area (Å²) < 4.78 is 0. The number of nitrogens with two attached hydrogens (primary N) is 1. The third kappa shape index (κ3) is 6.34. The van der Waals surface area contributed by atoms with Crippen LogP contribution in [0.3, 0.4) is 0 Å². The van der Waals surface area contributed by atoms with E-state index < -0.39 is 0 Å². The molecule has 0 atom stereocenters. The lowest BCUT2D eigenvalue weighted by atomic mass is 10.2. The van der Waals surface area contributed by atoms with Gasteiger partial charge in [-0.15, -0.1) is 0 Å². The molecule has 4 heteroatoms. The highest BCUT2D eigenvalue weighted by atomic mass is 32.1. The van der Waals surface area contributed by atoms with Gasteiger partial charge in [-0.05, 0) is 18.1 Å². The zero-order chi connectivity index (χ0) is 12.7. The van der Waals surface area contributed by atoms with E-state index in [1.807, 2.05) is 24.4 Å². The van der Waals surface area contributed by atoms with Crippen LogP contribution in [0.1, 0.15) is 26.0 Å². The van der Waals surface area contributed by atoms with Gasteiger partial charge in [-0.1, -0.05) is 32.1 Å². The summed E-state index contributed by atoms with van der Waals surface area (Å²) in [6, 6.07) is 6.00. The Balaban J connectivity index is 2.53. The molecule has 1 rings (SSSR count). The normalized spacial score (nSPS) is 11.1. The predicted molar refractivity (Wildman–Crippen MR) is 75.8 cm³/mol. The van der Waals surface area contributed by atoms with Crippen molar-refractivity contribution < 1.29 is 0 Å². The molecule has 3 nitrogen and oxygen atoms in total. The Bertz CT molecular complexity index is 338. The van der Waals surface area contributed by atoms with Crippen LogP contribution in [0.25, 0.3) is 0 Å². The zero-order valence-electron chi connectivity index (χ0n) is 10.6. The minimum absolute atomic E-state index is 0.583. The molecule has 0 aromatic carbocycles. The standard InChI is InChI=1S/C13H21N3S/c1-11(2)9-16(8-6-13(14)17)10-12-5-3-4-7-15-12/h3-5,7,11H,6,8-10H2,1-2H3,(H2,14,17). The van der Waals surface area contributed by atoms with Crippen LogP contribution in [-0.4, -0.2) is 28.0 Å². The van der Waals surface area contributed by atoms with Gasteiger partial charge >= 0.3 is 0 Å². The lowest BCUT2D eigenvalue weighted by Crippen LogP contribution is -2.30. The van der Waals surface area contributed by atoms with Crippen molar-refractivity contribution in [3.63, 3.8) is 0 Å². The highest BCUT2D eigenvalue weighted by Gasteiger charge is 2.09. The Labute approximate surface area is 109 Å². The van der Waals surface area contributed by atoms with Crippen molar-refractivity contribution in [2.75, 3.05) is 13.1 Å². The van der Waals surface area contributed by atoms with E-state index in [0.717, 1.165) is 31.7 Å². The second-order valence-corrected chi connectivity index (χ2v) is 5.19. The number of thiocarbonyl (C=S) groups is 1. The lowest BCUT2D eigenvalue weighted by Gasteiger charge is -2.23. The van der Waals surface area contributed by atoms with Crippen LogP contribution >= 0.6 is 12.2 Å². The molecule has 1 heterocycles. The maximum absolute atomic E-state index is 5.55. The van der Waals surface area contributed by atoms with Crippen molar-refractivity contribution in [1.82, 2.24) is 9.88 Å². The molecule has 17 heavy (non-hydrogen) atoms. The molecule has 0 spiro atoms. The van der Waals surface area contributed by atoms with Crippen molar-refractivity contribution in [1.29, 1.82) is 0 Å². The fourth-order valence-electron chi connectivity index (χ4n) is 1.74. The van der Waals surface area contributed by atoms with Gasteiger partial charge in [0, 0.05) is 32.3 Å². The van der Waals surface area contributed by atoms with Gasteiger partial charge in [0.05, 0.1) is 10.7 Å². The van der Waals surface area contributed by atoms with E-state index >= 15 is 0 Å². The first kappa shape index (κ1) is 14.1. The van der Waals surface area contributed by atoms with E-state index in [-0.39, 0.29) is 0 Å². The highest BCUT2D eigenvalue weighted by Crippen LogP contribution is 2.06. The van der Waals surface area contributed by atoms with Crippen molar-refractivity contribution >= 4 is 17.2 Å². The summed E-state index contributed by atoms with van der Waals surface area (Å²) in [4.78, 5) is 7.28. The second-order valence-electron chi connectivity index (χ2n) is 4.67. The third-order valence-corrected chi connectivity index (χ3v) is 2.61. The van der Waals surface area contributed by atoms with E-state index in [0.29, 0.717) is 10.9 Å². The van der Waals surface area contributed by atoms with Gasteiger partial charge in [0.15, 0.2) is 0 Å². The van der Waals surface area contributed by atoms with Crippen LogP contribution in [-0.2, 0) is 6.54 Å². The SMILES string of the molecule is CC(C)CN(CCC(N)=S)Cc1ccccn1. The molecule has 0 fully saturated rings. The van der Waals surface area contributed by atoms with E-state index in [1.54, 1.807) is 0 Å². The molecule has 0 radical (unpaired) electrons.